The van der Waals surface area contributed by atoms with Crippen molar-refractivity contribution in [3.8, 4) is 6.07 Å². The molecule has 0 spiro atoms. The van der Waals surface area contributed by atoms with Gasteiger partial charge in [0.25, 0.3) is 5.91 Å². The fourth-order valence-electron chi connectivity index (χ4n) is 3.23. The molecule has 0 unspecified atom stereocenters. The third-order valence-corrected chi connectivity index (χ3v) is 4.79. The Morgan fingerprint density at radius 1 is 0.967 bits per heavy atom. The number of hydrogen-bond acceptors (Lipinski definition) is 5. The van der Waals surface area contributed by atoms with Crippen LogP contribution in [0.4, 0.5) is 17.3 Å². The zero-order chi connectivity index (χ0) is 21.7. The fourth-order valence-corrected chi connectivity index (χ4v) is 3.23. The van der Waals surface area contributed by atoms with E-state index in [4.69, 9.17) is 0 Å². The Balaban J connectivity index is 1.89. The molecule has 0 aliphatic rings. The van der Waals surface area contributed by atoms with E-state index in [1.807, 2.05) is 24.3 Å². The molecule has 0 saturated carbocycles. The maximum Gasteiger partial charge on any atom is 0.274 e. The summed E-state index contributed by atoms with van der Waals surface area (Å²) in [6.07, 6.45) is 1.52. The van der Waals surface area contributed by atoms with Crippen LogP contribution in [0.1, 0.15) is 66.7 Å². The number of hydrogen-bond donors (Lipinski definition) is 2. The highest BCUT2D eigenvalue weighted by molar-refractivity contribution is 6.04. The number of para-hydroxylation sites is 2. The van der Waals surface area contributed by atoms with Crippen LogP contribution in [0.3, 0.4) is 0 Å². The van der Waals surface area contributed by atoms with Gasteiger partial charge in [0.15, 0.2) is 0 Å². The number of carbonyl (C=O) groups is 1. The van der Waals surface area contributed by atoms with E-state index in [1.54, 1.807) is 24.3 Å². The molecular formula is C24H25N5O. The van der Waals surface area contributed by atoms with Crippen LogP contribution in [0.5, 0.6) is 0 Å². The monoisotopic (exact) mass is 399 g/mol. The molecule has 0 atom stereocenters. The van der Waals surface area contributed by atoms with Crippen molar-refractivity contribution in [1.82, 2.24) is 9.97 Å². The number of benzene rings is 2. The van der Waals surface area contributed by atoms with Gasteiger partial charge in [0.1, 0.15) is 11.8 Å². The van der Waals surface area contributed by atoms with Gasteiger partial charge in [-0.2, -0.15) is 5.26 Å². The van der Waals surface area contributed by atoms with Gasteiger partial charge in [-0.1, -0.05) is 58.0 Å². The van der Waals surface area contributed by atoms with Gasteiger partial charge in [0.2, 0.25) is 5.95 Å². The summed E-state index contributed by atoms with van der Waals surface area (Å²) >= 11 is 0. The third-order valence-electron chi connectivity index (χ3n) is 4.79. The second kappa shape index (κ2) is 9.19. The van der Waals surface area contributed by atoms with Crippen molar-refractivity contribution in [2.75, 3.05) is 10.6 Å². The standard InChI is InChI=1S/C24H25N5O/c1-15(2)18-9-7-10-19(16(3)4)22(18)29-23(30)21-12-13-26-24(28-21)27-20-11-6-5-8-17(20)14-25/h5-13,15-16H,1-4H3,(H,29,30)(H,26,27,28). The van der Waals surface area contributed by atoms with Crippen molar-refractivity contribution in [1.29, 1.82) is 5.26 Å². The smallest absolute Gasteiger partial charge is 0.274 e. The molecular weight excluding hydrogens is 374 g/mol. The average molecular weight is 399 g/mol. The summed E-state index contributed by atoms with van der Waals surface area (Å²) in [6.45, 7) is 8.42. The van der Waals surface area contributed by atoms with Crippen molar-refractivity contribution in [3.63, 3.8) is 0 Å². The number of anilines is 3. The Hall–Kier alpha value is -3.72. The average Bonchev–Trinajstić information content (AvgIpc) is 2.74. The molecule has 0 aliphatic heterocycles. The minimum atomic E-state index is -0.302. The first-order valence-corrected chi connectivity index (χ1v) is 9.94. The maximum atomic E-state index is 13.0. The highest BCUT2D eigenvalue weighted by Crippen LogP contribution is 2.32. The number of aromatic nitrogens is 2. The molecule has 1 heterocycles. The fraction of sp³-hybridized carbons (Fsp3) is 0.250. The summed E-state index contributed by atoms with van der Waals surface area (Å²) in [6, 6.07) is 16.9. The number of amides is 1. The Morgan fingerprint density at radius 3 is 2.27 bits per heavy atom. The molecule has 0 radical (unpaired) electrons. The first-order valence-electron chi connectivity index (χ1n) is 9.94. The van der Waals surface area contributed by atoms with Gasteiger partial charge in [-0.15, -0.1) is 0 Å². The van der Waals surface area contributed by atoms with Crippen LogP contribution >= 0.6 is 0 Å². The molecule has 0 fully saturated rings. The Kier molecular flexibility index (Phi) is 6.43. The van der Waals surface area contributed by atoms with Crippen LogP contribution in [0.2, 0.25) is 0 Å². The minimum absolute atomic E-state index is 0.246. The van der Waals surface area contributed by atoms with Gasteiger partial charge in [-0.25, -0.2) is 9.97 Å². The van der Waals surface area contributed by atoms with Gasteiger partial charge in [0.05, 0.1) is 11.3 Å². The highest BCUT2D eigenvalue weighted by atomic mass is 16.1. The topological polar surface area (TPSA) is 90.7 Å². The number of carbonyl (C=O) groups excluding carboxylic acids is 1. The van der Waals surface area contributed by atoms with Crippen LogP contribution in [-0.4, -0.2) is 15.9 Å². The van der Waals surface area contributed by atoms with E-state index in [-0.39, 0.29) is 29.4 Å². The number of rotatable bonds is 6. The van der Waals surface area contributed by atoms with Crippen LogP contribution in [0.15, 0.2) is 54.7 Å². The van der Waals surface area contributed by atoms with E-state index in [1.165, 1.54) is 6.20 Å². The molecule has 1 aromatic heterocycles. The lowest BCUT2D eigenvalue weighted by atomic mass is 9.92. The van der Waals surface area contributed by atoms with E-state index in [9.17, 15) is 10.1 Å². The van der Waals surface area contributed by atoms with Crippen molar-refractivity contribution in [3.05, 3.63) is 77.1 Å². The van der Waals surface area contributed by atoms with E-state index < -0.39 is 0 Å². The lowest BCUT2D eigenvalue weighted by Crippen LogP contribution is -2.18. The second-order valence-electron chi connectivity index (χ2n) is 7.62. The van der Waals surface area contributed by atoms with Crippen molar-refractivity contribution in [2.24, 2.45) is 0 Å². The summed E-state index contributed by atoms with van der Waals surface area (Å²) in [5, 5.41) is 15.3. The Bertz CT molecular complexity index is 1070. The predicted molar refractivity (Wildman–Crippen MR) is 119 cm³/mol. The van der Waals surface area contributed by atoms with Gasteiger partial charge in [-0.3, -0.25) is 4.79 Å². The molecule has 0 aliphatic carbocycles. The molecule has 1 amide bonds. The Morgan fingerprint density at radius 2 is 1.63 bits per heavy atom. The summed E-state index contributed by atoms with van der Waals surface area (Å²) < 4.78 is 0. The lowest BCUT2D eigenvalue weighted by Gasteiger charge is -2.20. The first-order chi connectivity index (χ1) is 14.4. The Labute approximate surface area is 177 Å². The van der Waals surface area contributed by atoms with Crippen LogP contribution in [0, 0.1) is 11.3 Å². The van der Waals surface area contributed by atoms with Gasteiger partial charge in [-0.05, 0) is 41.2 Å². The lowest BCUT2D eigenvalue weighted by molar-refractivity contribution is 0.102. The molecule has 6 heteroatoms. The molecule has 30 heavy (non-hydrogen) atoms. The number of nitriles is 1. The zero-order valence-electron chi connectivity index (χ0n) is 17.6. The van der Waals surface area contributed by atoms with Gasteiger partial charge < -0.3 is 10.6 Å². The molecule has 3 rings (SSSR count). The van der Waals surface area contributed by atoms with Gasteiger partial charge in [0, 0.05) is 11.9 Å². The quantitative estimate of drug-likeness (QED) is 0.564. The zero-order valence-corrected chi connectivity index (χ0v) is 17.6. The normalized spacial score (nSPS) is 10.7. The maximum absolute atomic E-state index is 13.0. The molecule has 3 aromatic rings. The number of nitrogens with zero attached hydrogens (tertiary/aromatic N) is 3. The predicted octanol–water partition coefficient (Wildman–Crippen LogP) is 5.59. The SMILES string of the molecule is CC(C)c1cccc(C(C)C)c1NC(=O)c1ccnc(Nc2ccccc2C#N)n1. The largest absolute Gasteiger partial charge is 0.323 e. The van der Waals surface area contributed by atoms with Crippen LogP contribution < -0.4 is 10.6 Å². The van der Waals surface area contributed by atoms with Crippen molar-refractivity contribution in [2.45, 2.75) is 39.5 Å². The molecule has 152 valence electrons. The van der Waals surface area contributed by atoms with E-state index in [0.717, 1.165) is 16.8 Å². The third kappa shape index (κ3) is 4.64. The summed E-state index contributed by atoms with van der Waals surface area (Å²) in [5.74, 6) is 0.490. The van der Waals surface area contributed by atoms with Crippen molar-refractivity contribution >= 4 is 23.2 Å². The number of nitrogens with one attached hydrogen (secondary N) is 2. The van der Waals surface area contributed by atoms with Crippen molar-refractivity contribution < 1.29 is 4.79 Å². The summed E-state index contributed by atoms with van der Waals surface area (Å²) in [4.78, 5) is 21.5. The first kappa shape index (κ1) is 21.0. The van der Waals surface area contributed by atoms with E-state index in [2.05, 4.69) is 54.4 Å². The molecule has 0 saturated heterocycles. The molecule has 6 nitrogen and oxygen atoms in total. The second-order valence-corrected chi connectivity index (χ2v) is 7.62. The highest BCUT2D eigenvalue weighted by Gasteiger charge is 2.18. The van der Waals surface area contributed by atoms with Crippen LogP contribution in [-0.2, 0) is 0 Å². The molecule has 2 aromatic carbocycles. The molecule has 2 N–H and O–H groups in total. The van der Waals surface area contributed by atoms with Crippen LogP contribution in [0.25, 0.3) is 0 Å². The summed E-state index contributed by atoms with van der Waals surface area (Å²) in [5.41, 5.74) is 4.33. The molecule has 0 bridgehead atoms. The summed E-state index contributed by atoms with van der Waals surface area (Å²) in [7, 11) is 0. The minimum Gasteiger partial charge on any atom is -0.323 e. The van der Waals surface area contributed by atoms with E-state index in [0.29, 0.717) is 11.3 Å². The van der Waals surface area contributed by atoms with Gasteiger partial charge >= 0.3 is 0 Å². The van der Waals surface area contributed by atoms with E-state index >= 15 is 0 Å².